The number of thioether (sulfide) groups is 1. The maximum Gasteiger partial charge on any atom is 0.251 e. The Hall–Kier alpha value is -3.79. The maximum absolute atomic E-state index is 12.2. The molecular weight excluding hydrogens is 456 g/mol. The number of nitrogens with one attached hydrogen (secondary N) is 3. The van der Waals surface area contributed by atoms with Crippen molar-refractivity contribution in [1.29, 1.82) is 0 Å². The summed E-state index contributed by atoms with van der Waals surface area (Å²) < 4.78 is 10.6. The molecule has 3 N–H and O–H groups in total. The van der Waals surface area contributed by atoms with Crippen molar-refractivity contribution >= 4 is 23.6 Å². The molecule has 3 aromatic rings. The third-order valence-corrected chi connectivity index (χ3v) is 5.83. The number of nitrogens with zero attached hydrogens (tertiary/aromatic N) is 1. The highest BCUT2D eigenvalue weighted by Gasteiger charge is 2.14. The van der Waals surface area contributed by atoms with Crippen molar-refractivity contribution in [3.8, 4) is 11.5 Å². The van der Waals surface area contributed by atoms with Crippen molar-refractivity contribution in [3.05, 3.63) is 81.8 Å². The first-order chi connectivity index (χ1) is 16.5. The zero-order chi connectivity index (χ0) is 23.8. The first-order valence-corrected chi connectivity index (χ1v) is 11.7. The molecule has 0 fully saturated rings. The van der Waals surface area contributed by atoms with Crippen LogP contribution in [0.25, 0.3) is 0 Å². The fourth-order valence-electron chi connectivity index (χ4n) is 3.30. The van der Waals surface area contributed by atoms with E-state index in [2.05, 4.69) is 20.6 Å². The van der Waals surface area contributed by atoms with Gasteiger partial charge in [0.05, 0.1) is 17.9 Å². The number of carbonyl (C=O) groups excluding carboxylic acids is 2. The van der Waals surface area contributed by atoms with Gasteiger partial charge in [-0.3, -0.25) is 14.4 Å². The van der Waals surface area contributed by atoms with Crippen LogP contribution in [0.5, 0.6) is 11.5 Å². The minimum atomic E-state index is -0.370. The Kier molecular flexibility index (Phi) is 7.82. The van der Waals surface area contributed by atoms with Crippen molar-refractivity contribution in [2.75, 3.05) is 19.1 Å². The number of H-pyrrole nitrogens is 1. The van der Waals surface area contributed by atoms with Crippen molar-refractivity contribution in [2.45, 2.75) is 24.5 Å². The van der Waals surface area contributed by atoms with Gasteiger partial charge in [0.25, 0.3) is 5.56 Å². The number of ether oxygens (including phenoxy) is 2. The Morgan fingerprint density at radius 2 is 1.79 bits per heavy atom. The van der Waals surface area contributed by atoms with E-state index in [-0.39, 0.29) is 41.5 Å². The molecule has 0 saturated heterocycles. The first kappa shape index (κ1) is 23.4. The van der Waals surface area contributed by atoms with Gasteiger partial charge in [-0.05, 0) is 29.7 Å². The molecule has 2 heterocycles. The molecule has 2 amide bonds. The second kappa shape index (κ2) is 11.4. The maximum atomic E-state index is 12.2. The molecule has 34 heavy (non-hydrogen) atoms. The van der Waals surface area contributed by atoms with Crippen LogP contribution < -0.4 is 25.7 Å². The summed E-state index contributed by atoms with van der Waals surface area (Å²) in [5, 5.41) is 5.95. The number of aromatic amines is 1. The molecule has 0 bridgehead atoms. The summed E-state index contributed by atoms with van der Waals surface area (Å²) in [6.45, 7) is 1.03. The van der Waals surface area contributed by atoms with E-state index >= 15 is 0 Å². The van der Waals surface area contributed by atoms with Crippen molar-refractivity contribution in [1.82, 2.24) is 20.6 Å². The highest BCUT2D eigenvalue weighted by atomic mass is 32.2. The average molecular weight is 481 g/mol. The van der Waals surface area contributed by atoms with Crippen LogP contribution >= 0.6 is 11.8 Å². The van der Waals surface area contributed by atoms with E-state index in [4.69, 9.17) is 9.47 Å². The summed E-state index contributed by atoms with van der Waals surface area (Å²) >= 11 is 1.10. The molecule has 1 aliphatic rings. The van der Waals surface area contributed by atoms with Gasteiger partial charge in [0, 0.05) is 19.2 Å². The minimum Gasteiger partial charge on any atom is -0.454 e. The van der Waals surface area contributed by atoms with Gasteiger partial charge in [0.1, 0.15) is 0 Å². The lowest BCUT2D eigenvalue weighted by atomic mass is 10.1. The molecule has 2 aromatic carbocycles. The van der Waals surface area contributed by atoms with Crippen molar-refractivity contribution in [3.63, 3.8) is 0 Å². The summed E-state index contributed by atoms with van der Waals surface area (Å²) in [4.78, 5) is 43.3. The third kappa shape index (κ3) is 6.85. The normalized spacial score (nSPS) is 11.8. The van der Waals surface area contributed by atoms with E-state index < -0.39 is 0 Å². The molecule has 0 aliphatic carbocycles. The summed E-state index contributed by atoms with van der Waals surface area (Å²) in [5.41, 5.74) is 2.00. The molecule has 0 saturated carbocycles. The van der Waals surface area contributed by atoms with Gasteiger partial charge in [-0.15, -0.1) is 0 Å². The fourth-order valence-corrected chi connectivity index (χ4v) is 4.02. The summed E-state index contributed by atoms with van der Waals surface area (Å²) in [6, 6.07) is 16.6. The van der Waals surface area contributed by atoms with Crippen LogP contribution in [-0.4, -0.2) is 40.9 Å². The highest BCUT2D eigenvalue weighted by Crippen LogP contribution is 2.32. The van der Waals surface area contributed by atoms with Crippen LogP contribution in [0, 0.1) is 0 Å². The van der Waals surface area contributed by atoms with Crippen LogP contribution in [-0.2, 0) is 29.0 Å². The van der Waals surface area contributed by atoms with Crippen LogP contribution in [0.2, 0.25) is 0 Å². The lowest BCUT2D eigenvalue weighted by molar-refractivity contribution is -0.120. The number of benzene rings is 2. The quantitative estimate of drug-likeness (QED) is 0.299. The zero-order valence-electron chi connectivity index (χ0n) is 18.3. The van der Waals surface area contributed by atoms with E-state index in [1.165, 1.54) is 6.07 Å². The SMILES string of the molecule is O=C(CSc1nc(CC(=O)NCCc2ccccc2)cc(=O)[nH]1)NCc1ccc2c(c1)OCO2. The van der Waals surface area contributed by atoms with Gasteiger partial charge in [-0.2, -0.15) is 0 Å². The monoisotopic (exact) mass is 480 g/mol. The number of carbonyl (C=O) groups is 2. The first-order valence-electron chi connectivity index (χ1n) is 10.7. The van der Waals surface area contributed by atoms with E-state index in [1.807, 2.05) is 42.5 Å². The van der Waals surface area contributed by atoms with Crippen molar-refractivity contribution < 1.29 is 19.1 Å². The lowest BCUT2D eigenvalue weighted by Gasteiger charge is -2.07. The number of hydrogen-bond donors (Lipinski definition) is 3. The standard InChI is InChI=1S/C24H24N4O5S/c29-21(25-9-8-16-4-2-1-3-5-16)11-18-12-22(30)28-24(27-18)34-14-23(31)26-13-17-6-7-19-20(10-17)33-15-32-19/h1-7,10,12H,8-9,11,13-15H2,(H,25,29)(H,26,31)(H,27,28,30). The molecule has 4 rings (SSSR count). The summed E-state index contributed by atoms with van der Waals surface area (Å²) in [6.07, 6.45) is 0.709. The molecule has 0 atom stereocenters. The van der Waals surface area contributed by atoms with Crippen LogP contribution in [0.1, 0.15) is 16.8 Å². The average Bonchev–Trinajstić information content (AvgIpc) is 3.30. The molecule has 176 valence electrons. The second-order valence-electron chi connectivity index (χ2n) is 7.56. The van der Waals surface area contributed by atoms with E-state index in [0.717, 1.165) is 29.3 Å². The van der Waals surface area contributed by atoms with Crippen LogP contribution in [0.3, 0.4) is 0 Å². The molecule has 1 aromatic heterocycles. The van der Waals surface area contributed by atoms with Gasteiger partial charge in [0.2, 0.25) is 18.6 Å². The Balaban J connectivity index is 1.22. The van der Waals surface area contributed by atoms with Crippen LogP contribution in [0.4, 0.5) is 0 Å². The molecular formula is C24H24N4O5S. The predicted octanol–water partition coefficient (Wildman–Crippen LogP) is 1.81. The zero-order valence-corrected chi connectivity index (χ0v) is 19.2. The van der Waals surface area contributed by atoms with E-state index in [1.54, 1.807) is 6.07 Å². The van der Waals surface area contributed by atoms with E-state index in [0.29, 0.717) is 30.3 Å². The molecule has 0 spiro atoms. The number of fused-ring (bicyclic) bond motifs is 1. The number of aromatic nitrogens is 2. The van der Waals surface area contributed by atoms with Gasteiger partial charge in [-0.25, -0.2) is 4.98 Å². The third-order valence-electron chi connectivity index (χ3n) is 4.96. The van der Waals surface area contributed by atoms with Gasteiger partial charge in [0.15, 0.2) is 16.7 Å². The lowest BCUT2D eigenvalue weighted by Crippen LogP contribution is -2.28. The number of rotatable bonds is 10. The largest absolute Gasteiger partial charge is 0.454 e. The highest BCUT2D eigenvalue weighted by molar-refractivity contribution is 7.99. The smallest absolute Gasteiger partial charge is 0.251 e. The summed E-state index contributed by atoms with van der Waals surface area (Å²) in [5.74, 6) is 0.982. The van der Waals surface area contributed by atoms with Crippen LogP contribution in [0.15, 0.2) is 64.5 Å². The minimum absolute atomic E-state index is 0.0113. The predicted molar refractivity (Wildman–Crippen MR) is 127 cm³/mol. The number of hydrogen-bond acceptors (Lipinski definition) is 7. The van der Waals surface area contributed by atoms with Gasteiger partial charge in [-0.1, -0.05) is 48.2 Å². The molecule has 10 heteroatoms. The Morgan fingerprint density at radius 1 is 0.971 bits per heavy atom. The summed E-state index contributed by atoms with van der Waals surface area (Å²) in [7, 11) is 0. The molecule has 9 nitrogen and oxygen atoms in total. The van der Waals surface area contributed by atoms with Gasteiger partial charge >= 0.3 is 0 Å². The van der Waals surface area contributed by atoms with E-state index in [9.17, 15) is 14.4 Å². The Bertz CT molecular complexity index is 1220. The molecule has 1 aliphatic heterocycles. The Labute approximate surface area is 200 Å². The van der Waals surface area contributed by atoms with Gasteiger partial charge < -0.3 is 25.1 Å². The molecule has 0 unspecified atom stereocenters. The fraction of sp³-hybridized carbons (Fsp3) is 0.250. The Morgan fingerprint density at radius 3 is 2.65 bits per heavy atom. The topological polar surface area (TPSA) is 122 Å². The van der Waals surface area contributed by atoms with Crippen molar-refractivity contribution in [2.24, 2.45) is 0 Å². The second-order valence-corrected chi connectivity index (χ2v) is 8.52. The number of amides is 2. The molecule has 0 radical (unpaired) electrons.